The summed E-state index contributed by atoms with van der Waals surface area (Å²) in [5.41, 5.74) is 1.09. The van der Waals surface area contributed by atoms with Gasteiger partial charge in [0.1, 0.15) is 0 Å². The van der Waals surface area contributed by atoms with Gasteiger partial charge in [-0.25, -0.2) is 18.1 Å². The van der Waals surface area contributed by atoms with Crippen LogP contribution in [0.3, 0.4) is 0 Å². The van der Waals surface area contributed by atoms with Gasteiger partial charge in [-0.2, -0.15) is 4.31 Å². The average Bonchev–Trinajstić information content (AvgIpc) is 3.03. The molecule has 2 amide bonds. The van der Waals surface area contributed by atoms with Crippen LogP contribution >= 0.6 is 0 Å². The topological polar surface area (TPSA) is 101 Å². The Kier molecular flexibility index (Phi) is 5.63. The van der Waals surface area contributed by atoms with Gasteiger partial charge in [0, 0.05) is 13.1 Å². The number of piperidine rings is 1. The van der Waals surface area contributed by atoms with Crippen molar-refractivity contribution in [1.29, 1.82) is 0 Å². The molecule has 2 aliphatic heterocycles. The molecule has 0 aliphatic carbocycles. The highest BCUT2D eigenvalue weighted by atomic mass is 32.2. The molecule has 162 valence electrons. The van der Waals surface area contributed by atoms with Crippen LogP contribution in [0.2, 0.25) is 0 Å². The summed E-state index contributed by atoms with van der Waals surface area (Å²) < 4.78 is 32.7. The number of aryl methyl sites for hydroxylation is 1. The molecule has 31 heavy (non-hydrogen) atoms. The van der Waals surface area contributed by atoms with E-state index in [9.17, 15) is 22.8 Å². The van der Waals surface area contributed by atoms with Gasteiger partial charge in [-0.15, -0.1) is 0 Å². The maximum Gasteiger partial charge on any atom is 0.339 e. The fourth-order valence-electron chi connectivity index (χ4n) is 3.81. The first-order chi connectivity index (χ1) is 14.8. The van der Waals surface area contributed by atoms with Crippen molar-refractivity contribution in [3.8, 4) is 0 Å². The largest absolute Gasteiger partial charge is 0.440 e. The molecular weight excluding hydrogens is 420 g/mol. The quantitative estimate of drug-likeness (QED) is 0.521. The summed E-state index contributed by atoms with van der Waals surface area (Å²) in [4.78, 5) is 38.3. The lowest BCUT2D eigenvalue weighted by molar-refractivity contribution is 0.0228. The van der Waals surface area contributed by atoms with E-state index in [2.05, 4.69) is 0 Å². The van der Waals surface area contributed by atoms with Gasteiger partial charge < -0.3 is 4.74 Å². The van der Waals surface area contributed by atoms with Gasteiger partial charge in [-0.3, -0.25) is 9.59 Å². The number of imide groups is 1. The van der Waals surface area contributed by atoms with Crippen LogP contribution in [-0.4, -0.2) is 55.2 Å². The number of sulfonamides is 1. The fourth-order valence-corrected chi connectivity index (χ4v) is 5.58. The number of rotatable bonds is 5. The predicted octanol–water partition coefficient (Wildman–Crippen LogP) is 2.58. The molecular formula is C22H22N2O6S. The van der Waals surface area contributed by atoms with E-state index in [1.54, 1.807) is 25.1 Å². The Morgan fingerprint density at radius 3 is 2.19 bits per heavy atom. The zero-order valence-electron chi connectivity index (χ0n) is 17.0. The minimum Gasteiger partial charge on any atom is -0.440 e. The molecule has 1 saturated heterocycles. The smallest absolute Gasteiger partial charge is 0.339 e. The van der Waals surface area contributed by atoms with Gasteiger partial charge in [-0.05, 0) is 49.6 Å². The van der Waals surface area contributed by atoms with E-state index in [4.69, 9.17) is 4.74 Å². The normalized spacial score (nSPS) is 17.0. The first kappa shape index (κ1) is 21.2. The van der Waals surface area contributed by atoms with Crippen molar-refractivity contribution < 1.29 is 27.5 Å². The molecule has 2 aliphatic rings. The van der Waals surface area contributed by atoms with Crippen molar-refractivity contribution in [1.82, 2.24) is 9.21 Å². The molecule has 0 radical (unpaired) electrons. The highest BCUT2D eigenvalue weighted by Gasteiger charge is 2.36. The number of nitrogens with zero attached hydrogens (tertiary/aromatic N) is 2. The summed E-state index contributed by atoms with van der Waals surface area (Å²) in [7, 11) is -3.73. The second-order valence-electron chi connectivity index (χ2n) is 7.59. The number of amides is 2. The van der Waals surface area contributed by atoms with Crippen LogP contribution in [0, 0.1) is 6.92 Å². The first-order valence-corrected chi connectivity index (χ1v) is 11.5. The van der Waals surface area contributed by atoms with Gasteiger partial charge in [0.25, 0.3) is 11.8 Å². The Bertz CT molecular complexity index is 1130. The van der Waals surface area contributed by atoms with E-state index in [-0.39, 0.29) is 21.6 Å². The standard InChI is InChI=1S/C22H22N2O6S/c1-15-9-10-16(13-19(15)31(28,29)23-11-5-2-6-12-23)22(27)30-14-24-20(25)17-7-3-4-8-18(17)21(24)26/h3-4,7-10,13H,2,5-6,11-12,14H2,1H3. The number of hydrogen-bond donors (Lipinski definition) is 0. The van der Waals surface area contributed by atoms with Crippen molar-refractivity contribution in [3.63, 3.8) is 0 Å². The number of esters is 1. The summed E-state index contributed by atoms with van der Waals surface area (Å²) in [5.74, 6) is -1.89. The Morgan fingerprint density at radius 1 is 0.968 bits per heavy atom. The average molecular weight is 442 g/mol. The van der Waals surface area contributed by atoms with Crippen LogP contribution in [0.1, 0.15) is 55.9 Å². The third kappa shape index (κ3) is 3.86. The van der Waals surface area contributed by atoms with Gasteiger partial charge in [-0.1, -0.05) is 24.6 Å². The van der Waals surface area contributed by atoms with Crippen LogP contribution in [0.5, 0.6) is 0 Å². The van der Waals surface area contributed by atoms with E-state index in [1.807, 2.05) is 0 Å². The molecule has 1 fully saturated rings. The number of ether oxygens (including phenoxy) is 1. The number of carbonyl (C=O) groups excluding carboxylic acids is 3. The molecule has 0 aromatic heterocycles. The fraction of sp³-hybridized carbons (Fsp3) is 0.318. The minimum absolute atomic E-state index is 0.0396. The number of carbonyl (C=O) groups is 3. The van der Waals surface area contributed by atoms with Gasteiger partial charge in [0.05, 0.1) is 21.6 Å². The van der Waals surface area contributed by atoms with Gasteiger partial charge in [0.15, 0.2) is 6.73 Å². The SMILES string of the molecule is Cc1ccc(C(=O)OCN2C(=O)c3ccccc3C2=O)cc1S(=O)(=O)N1CCCCC1. The van der Waals surface area contributed by atoms with Crippen LogP contribution in [0.4, 0.5) is 0 Å². The lowest BCUT2D eigenvalue weighted by Gasteiger charge is -2.26. The zero-order chi connectivity index (χ0) is 22.2. The second-order valence-corrected chi connectivity index (χ2v) is 9.50. The molecule has 2 heterocycles. The monoisotopic (exact) mass is 442 g/mol. The predicted molar refractivity (Wildman–Crippen MR) is 111 cm³/mol. The van der Waals surface area contributed by atoms with Crippen LogP contribution in [-0.2, 0) is 14.8 Å². The van der Waals surface area contributed by atoms with Crippen LogP contribution in [0.25, 0.3) is 0 Å². The lowest BCUT2D eigenvalue weighted by Crippen LogP contribution is -2.36. The summed E-state index contributed by atoms with van der Waals surface area (Å²) in [5, 5.41) is 0. The number of hydrogen-bond acceptors (Lipinski definition) is 6. The van der Waals surface area contributed by atoms with Crippen molar-refractivity contribution in [3.05, 3.63) is 64.7 Å². The summed E-state index contributed by atoms with van der Waals surface area (Å²) >= 11 is 0. The summed E-state index contributed by atoms with van der Waals surface area (Å²) in [6.07, 6.45) is 2.61. The lowest BCUT2D eigenvalue weighted by atomic mass is 10.1. The molecule has 2 aromatic carbocycles. The second kappa shape index (κ2) is 8.24. The molecule has 0 saturated carbocycles. The van der Waals surface area contributed by atoms with Crippen molar-refractivity contribution in [2.45, 2.75) is 31.1 Å². The molecule has 9 heteroatoms. The summed E-state index contributed by atoms with van der Waals surface area (Å²) in [6, 6.07) is 10.7. The molecule has 0 spiro atoms. The van der Waals surface area contributed by atoms with Crippen LogP contribution < -0.4 is 0 Å². The third-order valence-corrected chi connectivity index (χ3v) is 7.60. The highest BCUT2D eigenvalue weighted by molar-refractivity contribution is 7.89. The number of benzene rings is 2. The van der Waals surface area contributed by atoms with E-state index < -0.39 is 34.5 Å². The Balaban J connectivity index is 1.51. The molecule has 0 bridgehead atoms. The molecule has 4 rings (SSSR count). The molecule has 0 N–H and O–H groups in total. The van der Waals surface area contributed by atoms with Crippen LogP contribution in [0.15, 0.2) is 47.4 Å². The van der Waals surface area contributed by atoms with Gasteiger partial charge >= 0.3 is 5.97 Å². The van der Waals surface area contributed by atoms with E-state index >= 15 is 0 Å². The molecule has 8 nitrogen and oxygen atoms in total. The minimum atomic E-state index is -3.73. The van der Waals surface area contributed by atoms with E-state index in [1.165, 1.54) is 28.6 Å². The van der Waals surface area contributed by atoms with E-state index in [0.29, 0.717) is 18.7 Å². The van der Waals surface area contributed by atoms with E-state index in [0.717, 1.165) is 24.2 Å². The van der Waals surface area contributed by atoms with Crippen molar-refractivity contribution in [2.75, 3.05) is 19.8 Å². The number of fused-ring (bicyclic) bond motifs is 1. The first-order valence-electron chi connectivity index (χ1n) is 10.0. The van der Waals surface area contributed by atoms with Crippen molar-refractivity contribution >= 4 is 27.8 Å². The molecule has 2 aromatic rings. The maximum atomic E-state index is 13.0. The summed E-state index contributed by atoms with van der Waals surface area (Å²) in [6.45, 7) is 2.03. The highest BCUT2D eigenvalue weighted by Crippen LogP contribution is 2.25. The third-order valence-electron chi connectivity index (χ3n) is 5.56. The van der Waals surface area contributed by atoms with Gasteiger partial charge in [0.2, 0.25) is 10.0 Å². The Hall–Kier alpha value is -3.04. The Labute approximate surface area is 180 Å². The molecule has 0 atom stereocenters. The molecule has 0 unspecified atom stereocenters. The Morgan fingerprint density at radius 2 is 1.58 bits per heavy atom. The zero-order valence-corrected chi connectivity index (χ0v) is 17.9. The van der Waals surface area contributed by atoms with Crippen molar-refractivity contribution in [2.24, 2.45) is 0 Å². The maximum absolute atomic E-state index is 13.0.